The maximum absolute atomic E-state index is 4.62. The largest absolute Gasteiger partial charge is 0.380 e. The summed E-state index contributed by atoms with van der Waals surface area (Å²) in [7, 11) is 0. The molecule has 5 heteroatoms. The summed E-state index contributed by atoms with van der Waals surface area (Å²) in [5.41, 5.74) is 3.42. The smallest absolute Gasteiger partial charge is 0.158 e. The van der Waals surface area contributed by atoms with Gasteiger partial charge in [-0.1, -0.05) is 30.3 Å². The number of aromatic nitrogens is 3. The van der Waals surface area contributed by atoms with Crippen LogP contribution < -0.4 is 5.32 Å². The van der Waals surface area contributed by atoms with Gasteiger partial charge in [0, 0.05) is 37.1 Å². The first kappa shape index (κ1) is 16.1. The topological polar surface area (TPSA) is 46.0 Å². The lowest BCUT2D eigenvalue weighted by Gasteiger charge is -2.17. The second kappa shape index (κ2) is 6.84. The van der Waals surface area contributed by atoms with Crippen LogP contribution >= 0.6 is 0 Å². The molecular weight excluding hydrogens is 310 g/mol. The van der Waals surface area contributed by atoms with Crippen molar-refractivity contribution in [3.05, 3.63) is 54.4 Å². The Morgan fingerprint density at radius 3 is 2.84 bits per heavy atom. The fourth-order valence-electron chi connectivity index (χ4n) is 3.57. The lowest BCUT2D eigenvalue weighted by molar-refractivity contribution is 0.328. The molecule has 2 aromatic heterocycles. The van der Waals surface area contributed by atoms with Crippen LogP contribution in [-0.2, 0) is 6.54 Å². The van der Waals surface area contributed by atoms with Gasteiger partial charge in [-0.15, -0.1) is 0 Å². The molecule has 130 valence electrons. The van der Waals surface area contributed by atoms with Gasteiger partial charge in [0.1, 0.15) is 0 Å². The quantitative estimate of drug-likeness (QED) is 0.772. The van der Waals surface area contributed by atoms with Crippen LogP contribution in [0.3, 0.4) is 0 Å². The van der Waals surface area contributed by atoms with Crippen molar-refractivity contribution < 1.29 is 0 Å². The molecular formula is C20H25N5. The molecule has 25 heavy (non-hydrogen) atoms. The van der Waals surface area contributed by atoms with Crippen molar-refractivity contribution in [2.24, 2.45) is 0 Å². The van der Waals surface area contributed by atoms with E-state index >= 15 is 0 Å². The maximum atomic E-state index is 4.62. The summed E-state index contributed by atoms with van der Waals surface area (Å²) >= 11 is 0. The first-order valence-electron chi connectivity index (χ1n) is 9.05. The number of fused-ring (bicyclic) bond motifs is 1. The van der Waals surface area contributed by atoms with E-state index in [1.165, 1.54) is 5.56 Å². The van der Waals surface area contributed by atoms with E-state index in [1.807, 2.05) is 17.1 Å². The molecule has 3 aromatic rings. The van der Waals surface area contributed by atoms with Crippen molar-refractivity contribution in [2.45, 2.75) is 38.9 Å². The Bertz CT molecular complexity index is 840. The summed E-state index contributed by atoms with van der Waals surface area (Å²) in [6.45, 7) is 7.48. The van der Waals surface area contributed by atoms with Gasteiger partial charge < -0.3 is 5.32 Å². The fraction of sp³-hybridized carbons (Fsp3) is 0.400. The first-order valence-corrected chi connectivity index (χ1v) is 9.05. The highest BCUT2D eigenvalue weighted by molar-refractivity contribution is 5.78. The number of hydrogen-bond donors (Lipinski definition) is 1. The third-order valence-corrected chi connectivity index (χ3v) is 4.81. The van der Waals surface area contributed by atoms with Crippen molar-refractivity contribution in [1.82, 2.24) is 19.7 Å². The molecule has 0 radical (unpaired) electrons. The highest BCUT2D eigenvalue weighted by Gasteiger charge is 2.22. The molecule has 0 bridgehead atoms. The normalized spacial score (nSPS) is 18.3. The van der Waals surface area contributed by atoms with E-state index in [2.05, 4.69) is 70.5 Å². The predicted molar refractivity (Wildman–Crippen MR) is 102 cm³/mol. The van der Waals surface area contributed by atoms with Gasteiger partial charge in [0.25, 0.3) is 0 Å². The van der Waals surface area contributed by atoms with Crippen molar-refractivity contribution in [3.63, 3.8) is 0 Å². The molecule has 4 rings (SSSR count). The Labute approximate surface area is 148 Å². The molecule has 1 aliphatic rings. The van der Waals surface area contributed by atoms with Gasteiger partial charge in [0.2, 0.25) is 0 Å². The lowest BCUT2D eigenvalue weighted by Crippen LogP contribution is -2.26. The zero-order valence-corrected chi connectivity index (χ0v) is 14.9. The summed E-state index contributed by atoms with van der Waals surface area (Å²) in [5, 5.41) is 9.19. The molecule has 1 N–H and O–H groups in total. The van der Waals surface area contributed by atoms with E-state index in [0.717, 1.165) is 42.8 Å². The van der Waals surface area contributed by atoms with Crippen LogP contribution in [0.2, 0.25) is 0 Å². The van der Waals surface area contributed by atoms with Gasteiger partial charge in [0.15, 0.2) is 5.65 Å². The minimum Gasteiger partial charge on any atom is -0.380 e. The summed E-state index contributed by atoms with van der Waals surface area (Å²) in [6.07, 6.45) is 5.00. The number of pyridine rings is 1. The zero-order valence-electron chi connectivity index (χ0n) is 14.9. The summed E-state index contributed by atoms with van der Waals surface area (Å²) < 4.78 is 1.97. The second-order valence-corrected chi connectivity index (χ2v) is 7.17. The number of rotatable bonds is 5. The summed E-state index contributed by atoms with van der Waals surface area (Å²) in [5.74, 6) is 0. The molecule has 1 saturated heterocycles. The molecule has 0 amide bonds. The minimum absolute atomic E-state index is 0.324. The van der Waals surface area contributed by atoms with E-state index in [0.29, 0.717) is 12.1 Å². The van der Waals surface area contributed by atoms with Crippen LogP contribution in [0.5, 0.6) is 0 Å². The van der Waals surface area contributed by atoms with Crippen LogP contribution in [0.25, 0.3) is 11.0 Å². The predicted octanol–water partition coefficient (Wildman–Crippen LogP) is 3.70. The SMILES string of the molecule is CC(C)n1ncc2cc(NC3CCN(Cc4ccccc4)C3)cnc21. The van der Waals surface area contributed by atoms with E-state index in [1.54, 1.807) is 0 Å². The molecule has 1 fully saturated rings. The van der Waals surface area contributed by atoms with Gasteiger partial charge in [-0.25, -0.2) is 9.67 Å². The molecule has 0 spiro atoms. The molecule has 0 saturated carbocycles. The van der Waals surface area contributed by atoms with E-state index < -0.39 is 0 Å². The van der Waals surface area contributed by atoms with Gasteiger partial charge >= 0.3 is 0 Å². The maximum Gasteiger partial charge on any atom is 0.158 e. The van der Waals surface area contributed by atoms with Gasteiger partial charge in [0.05, 0.1) is 18.1 Å². The summed E-state index contributed by atoms with van der Waals surface area (Å²) in [4.78, 5) is 7.13. The standard InChI is InChI=1S/C20H25N5/c1-15(2)25-20-17(11-22-25)10-19(12-21-20)23-18-8-9-24(14-18)13-16-6-4-3-5-7-16/h3-7,10-12,15,18,23H,8-9,13-14H2,1-2H3. The summed E-state index contributed by atoms with van der Waals surface area (Å²) in [6, 6.07) is 13.7. The number of likely N-dealkylation sites (tertiary alicyclic amines) is 1. The average Bonchev–Trinajstić information content (AvgIpc) is 3.22. The Morgan fingerprint density at radius 2 is 2.04 bits per heavy atom. The van der Waals surface area contributed by atoms with Crippen molar-refractivity contribution in [2.75, 3.05) is 18.4 Å². The fourth-order valence-corrected chi connectivity index (χ4v) is 3.57. The van der Waals surface area contributed by atoms with Gasteiger partial charge in [-0.05, 0) is 31.9 Å². The van der Waals surface area contributed by atoms with E-state index in [9.17, 15) is 0 Å². The Hall–Kier alpha value is -2.40. The molecule has 0 aliphatic carbocycles. The highest BCUT2D eigenvalue weighted by Crippen LogP contribution is 2.22. The number of anilines is 1. The van der Waals surface area contributed by atoms with Gasteiger partial charge in [-0.3, -0.25) is 4.90 Å². The Kier molecular flexibility index (Phi) is 4.40. The monoisotopic (exact) mass is 335 g/mol. The molecule has 1 aromatic carbocycles. The number of benzene rings is 1. The Morgan fingerprint density at radius 1 is 1.20 bits per heavy atom. The highest BCUT2D eigenvalue weighted by atomic mass is 15.3. The van der Waals surface area contributed by atoms with Gasteiger partial charge in [-0.2, -0.15) is 5.10 Å². The third kappa shape index (κ3) is 3.51. The van der Waals surface area contributed by atoms with E-state index in [4.69, 9.17) is 0 Å². The van der Waals surface area contributed by atoms with Crippen molar-refractivity contribution in [1.29, 1.82) is 0 Å². The first-order chi connectivity index (χ1) is 12.2. The second-order valence-electron chi connectivity index (χ2n) is 7.17. The van der Waals surface area contributed by atoms with Crippen LogP contribution in [0.4, 0.5) is 5.69 Å². The Balaban J connectivity index is 1.40. The minimum atomic E-state index is 0.324. The number of nitrogens with one attached hydrogen (secondary N) is 1. The molecule has 1 aliphatic heterocycles. The van der Waals surface area contributed by atoms with Crippen molar-refractivity contribution >= 4 is 16.7 Å². The molecule has 1 atom stereocenters. The van der Waals surface area contributed by atoms with Crippen LogP contribution in [-0.4, -0.2) is 38.8 Å². The lowest BCUT2D eigenvalue weighted by atomic mass is 10.2. The zero-order chi connectivity index (χ0) is 17.2. The van der Waals surface area contributed by atoms with Crippen LogP contribution in [0.1, 0.15) is 31.9 Å². The average molecular weight is 335 g/mol. The van der Waals surface area contributed by atoms with Crippen LogP contribution in [0.15, 0.2) is 48.8 Å². The molecule has 3 heterocycles. The number of nitrogens with zero attached hydrogens (tertiary/aromatic N) is 4. The van der Waals surface area contributed by atoms with E-state index in [-0.39, 0.29) is 0 Å². The third-order valence-electron chi connectivity index (χ3n) is 4.81. The number of hydrogen-bond acceptors (Lipinski definition) is 4. The van der Waals surface area contributed by atoms with Crippen molar-refractivity contribution in [3.8, 4) is 0 Å². The molecule has 5 nitrogen and oxygen atoms in total. The molecule has 1 unspecified atom stereocenters. The van der Waals surface area contributed by atoms with Crippen LogP contribution in [0, 0.1) is 0 Å².